The second-order valence-corrected chi connectivity index (χ2v) is 6.83. The fraction of sp³-hybridized carbons (Fsp3) is 0.333. The molecule has 0 aliphatic carbocycles. The number of anilines is 2. The van der Waals surface area contributed by atoms with Gasteiger partial charge in [-0.25, -0.2) is 20.4 Å². The van der Waals surface area contributed by atoms with E-state index in [9.17, 15) is 15.3 Å². The Morgan fingerprint density at radius 1 is 1.37 bits per heavy atom. The van der Waals surface area contributed by atoms with Gasteiger partial charge in [-0.15, -0.1) is 11.3 Å². The first-order valence-corrected chi connectivity index (χ1v) is 8.91. The standard InChI is InChI=1S/C15H17N7O4S/c16-12-9-13(18-6-17-12)22(14-11(25)10(24)8(5-23)26-14)15(20-9)21-19-4-7-2-1-3-27-7/h1-4,6,8,10-11,14,23-25H,5H2,(H,20,21)(H2,16,17,18)/t8-,10-,11-,14-/m0/s1. The highest BCUT2D eigenvalue weighted by Crippen LogP contribution is 2.35. The van der Waals surface area contributed by atoms with Gasteiger partial charge in [-0.05, 0) is 11.4 Å². The van der Waals surface area contributed by atoms with E-state index in [4.69, 9.17) is 10.5 Å². The smallest absolute Gasteiger partial charge is 0.228 e. The number of nitrogens with zero attached hydrogens (tertiary/aromatic N) is 5. The molecule has 4 atom stereocenters. The van der Waals surface area contributed by atoms with E-state index >= 15 is 0 Å². The van der Waals surface area contributed by atoms with Gasteiger partial charge in [0.15, 0.2) is 23.2 Å². The van der Waals surface area contributed by atoms with Gasteiger partial charge in [-0.2, -0.15) is 5.10 Å². The minimum absolute atomic E-state index is 0.149. The number of nitrogen functional groups attached to an aromatic ring is 1. The van der Waals surface area contributed by atoms with Crippen molar-refractivity contribution in [3.8, 4) is 0 Å². The Morgan fingerprint density at radius 2 is 2.22 bits per heavy atom. The predicted molar refractivity (Wildman–Crippen MR) is 98.3 cm³/mol. The average molecular weight is 391 g/mol. The molecular weight excluding hydrogens is 374 g/mol. The molecule has 1 aliphatic heterocycles. The molecule has 0 spiro atoms. The molecule has 142 valence electrons. The van der Waals surface area contributed by atoms with Gasteiger partial charge in [-0.3, -0.25) is 4.57 Å². The summed E-state index contributed by atoms with van der Waals surface area (Å²) in [5.41, 5.74) is 9.25. The number of ether oxygens (including phenoxy) is 1. The van der Waals surface area contributed by atoms with Gasteiger partial charge >= 0.3 is 0 Å². The lowest BCUT2D eigenvalue weighted by atomic mass is 10.1. The molecule has 6 N–H and O–H groups in total. The van der Waals surface area contributed by atoms with Crippen molar-refractivity contribution in [2.45, 2.75) is 24.5 Å². The molecule has 4 rings (SSSR count). The van der Waals surface area contributed by atoms with Crippen molar-refractivity contribution in [2.24, 2.45) is 5.10 Å². The highest BCUT2D eigenvalue weighted by molar-refractivity contribution is 7.11. The zero-order valence-electron chi connectivity index (χ0n) is 13.9. The van der Waals surface area contributed by atoms with Gasteiger partial charge in [0, 0.05) is 4.88 Å². The first kappa shape index (κ1) is 17.8. The third-order valence-corrected chi connectivity index (χ3v) is 4.98. The number of aliphatic hydroxyl groups excluding tert-OH is 3. The van der Waals surface area contributed by atoms with E-state index < -0.39 is 31.1 Å². The van der Waals surface area contributed by atoms with E-state index in [1.807, 2.05) is 17.5 Å². The summed E-state index contributed by atoms with van der Waals surface area (Å²) in [6.45, 7) is -0.447. The number of rotatable bonds is 5. The van der Waals surface area contributed by atoms with Crippen LogP contribution in [0.3, 0.4) is 0 Å². The summed E-state index contributed by atoms with van der Waals surface area (Å²) in [7, 11) is 0. The van der Waals surface area contributed by atoms with Crippen LogP contribution in [0.2, 0.25) is 0 Å². The SMILES string of the molecule is Nc1ncnc2c1nc(NN=Cc1cccs1)n2[C@H]1O[C@@H](CO)[C@H](O)[C@@H]1O. The van der Waals surface area contributed by atoms with Gasteiger partial charge in [-0.1, -0.05) is 6.07 Å². The van der Waals surface area contributed by atoms with Crippen molar-refractivity contribution in [2.75, 3.05) is 17.8 Å². The van der Waals surface area contributed by atoms with Crippen LogP contribution in [0, 0.1) is 0 Å². The molecule has 0 bridgehead atoms. The zero-order valence-corrected chi connectivity index (χ0v) is 14.7. The molecule has 3 aromatic heterocycles. The van der Waals surface area contributed by atoms with E-state index in [1.165, 1.54) is 22.2 Å². The Balaban J connectivity index is 1.74. The molecular formula is C15H17N7O4S. The molecule has 3 aromatic rings. The van der Waals surface area contributed by atoms with E-state index in [-0.39, 0.29) is 11.8 Å². The lowest BCUT2D eigenvalue weighted by molar-refractivity contribution is -0.0501. The van der Waals surface area contributed by atoms with Crippen molar-refractivity contribution >= 4 is 40.5 Å². The maximum absolute atomic E-state index is 10.4. The lowest BCUT2D eigenvalue weighted by Gasteiger charge is -2.18. The number of hydrogen-bond acceptors (Lipinski definition) is 11. The van der Waals surface area contributed by atoms with Crippen LogP contribution in [0.25, 0.3) is 11.2 Å². The highest BCUT2D eigenvalue weighted by Gasteiger charge is 2.45. The summed E-state index contributed by atoms with van der Waals surface area (Å²) >= 11 is 1.51. The van der Waals surface area contributed by atoms with Crippen LogP contribution in [0.15, 0.2) is 28.9 Å². The van der Waals surface area contributed by atoms with Crippen LogP contribution in [0.4, 0.5) is 11.8 Å². The lowest BCUT2D eigenvalue weighted by Crippen LogP contribution is -2.33. The van der Waals surface area contributed by atoms with Crippen molar-refractivity contribution in [1.29, 1.82) is 0 Å². The first-order chi connectivity index (χ1) is 13.1. The third-order valence-electron chi connectivity index (χ3n) is 4.18. The largest absolute Gasteiger partial charge is 0.394 e. The van der Waals surface area contributed by atoms with Crippen LogP contribution >= 0.6 is 11.3 Å². The molecule has 1 saturated heterocycles. The van der Waals surface area contributed by atoms with E-state index in [0.29, 0.717) is 11.2 Å². The number of thiophene rings is 1. The topological polar surface area (TPSA) is 164 Å². The van der Waals surface area contributed by atoms with Crippen molar-refractivity contribution in [1.82, 2.24) is 19.5 Å². The number of imidazole rings is 1. The maximum Gasteiger partial charge on any atom is 0.228 e. The predicted octanol–water partition coefficient (Wildman–Crippen LogP) is -0.473. The van der Waals surface area contributed by atoms with Crippen LogP contribution in [0.1, 0.15) is 11.1 Å². The normalized spacial score (nSPS) is 25.6. The quantitative estimate of drug-likeness (QED) is 0.285. The van der Waals surface area contributed by atoms with E-state index in [0.717, 1.165) is 4.88 Å². The van der Waals surface area contributed by atoms with Crippen molar-refractivity contribution in [3.63, 3.8) is 0 Å². The number of aliphatic hydroxyl groups is 3. The van der Waals surface area contributed by atoms with Gasteiger partial charge in [0.1, 0.15) is 24.6 Å². The van der Waals surface area contributed by atoms with Crippen LogP contribution < -0.4 is 11.2 Å². The molecule has 12 heteroatoms. The molecule has 27 heavy (non-hydrogen) atoms. The molecule has 0 saturated carbocycles. The number of hydrazone groups is 1. The van der Waals surface area contributed by atoms with Crippen LogP contribution in [0.5, 0.6) is 0 Å². The van der Waals surface area contributed by atoms with E-state index in [2.05, 4.69) is 25.5 Å². The number of nitrogens with two attached hydrogens (primary N) is 1. The van der Waals surface area contributed by atoms with Crippen LogP contribution in [-0.2, 0) is 4.74 Å². The average Bonchev–Trinajstić information content (AvgIpc) is 3.36. The fourth-order valence-corrected chi connectivity index (χ4v) is 3.44. The summed E-state index contributed by atoms with van der Waals surface area (Å²) in [6, 6.07) is 3.80. The van der Waals surface area contributed by atoms with Gasteiger partial charge in [0.25, 0.3) is 0 Å². The maximum atomic E-state index is 10.4. The Bertz CT molecular complexity index is 961. The van der Waals surface area contributed by atoms with Crippen molar-refractivity contribution < 1.29 is 20.1 Å². The molecule has 0 amide bonds. The highest BCUT2D eigenvalue weighted by atomic mass is 32.1. The van der Waals surface area contributed by atoms with Crippen molar-refractivity contribution in [3.05, 3.63) is 28.7 Å². The van der Waals surface area contributed by atoms with Gasteiger partial charge in [0.2, 0.25) is 5.95 Å². The Morgan fingerprint density at radius 3 is 2.93 bits per heavy atom. The Labute approximate surface area is 156 Å². The molecule has 0 unspecified atom stereocenters. The number of nitrogens with one attached hydrogen (secondary N) is 1. The summed E-state index contributed by atoms with van der Waals surface area (Å²) < 4.78 is 7.04. The number of hydrogen-bond donors (Lipinski definition) is 5. The minimum atomic E-state index is -1.31. The number of aromatic nitrogens is 4. The summed E-state index contributed by atoms with van der Waals surface area (Å²) in [5, 5.41) is 35.9. The molecule has 1 fully saturated rings. The molecule has 11 nitrogen and oxygen atoms in total. The van der Waals surface area contributed by atoms with E-state index in [1.54, 1.807) is 6.21 Å². The van der Waals surface area contributed by atoms with Gasteiger partial charge < -0.3 is 25.8 Å². The number of fused-ring (bicyclic) bond motifs is 1. The molecule has 0 radical (unpaired) electrons. The molecule has 0 aromatic carbocycles. The Hall–Kier alpha value is -2.64. The third kappa shape index (κ3) is 3.13. The van der Waals surface area contributed by atoms with Gasteiger partial charge in [0.05, 0.1) is 12.8 Å². The monoisotopic (exact) mass is 391 g/mol. The Kier molecular flexibility index (Phi) is 4.72. The first-order valence-electron chi connectivity index (χ1n) is 8.03. The molecule has 4 heterocycles. The second-order valence-electron chi connectivity index (χ2n) is 5.85. The van der Waals surface area contributed by atoms with Crippen LogP contribution in [-0.4, -0.2) is 66.0 Å². The summed E-state index contributed by atoms with van der Waals surface area (Å²) in [6.07, 6.45) is -1.69. The minimum Gasteiger partial charge on any atom is -0.394 e. The molecule has 1 aliphatic rings. The summed E-state index contributed by atoms with van der Waals surface area (Å²) in [4.78, 5) is 13.3. The second kappa shape index (κ2) is 7.17. The summed E-state index contributed by atoms with van der Waals surface area (Å²) in [5.74, 6) is 0.343. The zero-order chi connectivity index (χ0) is 19.0. The fourth-order valence-electron chi connectivity index (χ4n) is 2.86.